The van der Waals surface area contributed by atoms with Gasteiger partial charge < -0.3 is 20.9 Å². The van der Waals surface area contributed by atoms with E-state index in [2.05, 4.69) is 9.47 Å². The summed E-state index contributed by atoms with van der Waals surface area (Å²) in [5.74, 6) is -1.40. The van der Waals surface area contributed by atoms with Gasteiger partial charge in [-0.15, -0.1) is 0 Å². The predicted octanol–water partition coefficient (Wildman–Crippen LogP) is -0.849. The van der Waals surface area contributed by atoms with E-state index in [1.54, 1.807) is 0 Å². The van der Waals surface area contributed by atoms with E-state index in [1.165, 1.54) is 6.92 Å². The first-order valence-corrected chi connectivity index (χ1v) is 6.79. The third-order valence-electron chi connectivity index (χ3n) is 1.66. The van der Waals surface area contributed by atoms with E-state index in [0.717, 1.165) is 0 Å². The second-order valence-electron chi connectivity index (χ2n) is 2.86. The first kappa shape index (κ1) is 17.0. The van der Waals surface area contributed by atoms with Gasteiger partial charge in [0.1, 0.15) is 0 Å². The van der Waals surface area contributed by atoms with Crippen molar-refractivity contribution in [2.45, 2.75) is 6.92 Å². The van der Waals surface area contributed by atoms with Crippen LogP contribution in [-0.2, 0) is 32.7 Å². The number of carbonyl (C=O) groups excluding carboxylic acids is 2. The molecule has 0 aliphatic carbocycles. The van der Waals surface area contributed by atoms with Crippen LogP contribution in [-0.4, -0.2) is 44.8 Å². The lowest BCUT2D eigenvalue weighted by molar-refractivity contribution is -0.150. The van der Waals surface area contributed by atoms with Crippen molar-refractivity contribution in [1.82, 2.24) is 0 Å². The molecular weight excluding hydrogens is 267 g/mol. The molecule has 0 aromatic heterocycles. The Kier molecular flexibility index (Phi) is 8.51. The van der Waals surface area contributed by atoms with E-state index >= 15 is 0 Å². The molecule has 106 valence electrons. The maximum atomic E-state index is 11.8. The first-order valence-electron chi connectivity index (χ1n) is 5.07. The molecule has 18 heavy (non-hydrogen) atoms. The highest BCUT2D eigenvalue weighted by molar-refractivity contribution is 7.53. The number of nitrogens with two attached hydrogens (primary N) is 2. The van der Waals surface area contributed by atoms with Gasteiger partial charge in [0, 0.05) is 6.16 Å². The zero-order chi connectivity index (χ0) is 14.0. The molecule has 0 amide bonds. The molecule has 0 saturated carbocycles. The summed E-state index contributed by atoms with van der Waals surface area (Å²) in [5, 5.41) is 0. The normalized spacial score (nSPS) is 11.1. The average molecular weight is 284 g/mol. The fraction of sp³-hybridized carbons (Fsp3) is 0.750. The van der Waals surface area contributed by atoms with Gasteiger partial charge in [-0.05, 0) is 0 Å². The lowest BCUT2D eigenvalue weighted by atomic mass is 10.7. The lowest BCUT2D eigenvalue weighted by Gasteiger charge is -2.16. The molecule has 0 bridgehead atoms. The maximum Gasteiger partial charge on any atom is 0.336 e. The quantitative estimate of drug-likeness (QED) is 0.314. The van der Waals surface area contributed by atoms with E-state index in [1.807, 2.05) is 0 Å². The molecule has 0 aliphatic heterocycles. The highest BCUT2D eigenvalue weighted by Gasteiger charge is 2.23. The van der Waals surface area contributed by atoms with Gasteiger partial charge in [-0.1, -0.05) is 6.92 Å². The van der Waals surface area contributed by atoms with Crippen molar-refractivity contribution in [1.29, 1.82) is 0 Å². The Balaban J connectivity index is 3.99. The Bertz CT molecular complexity index is 297. The number of ether oxygens (including phenoxy) is 2. The molecule has 0 aromatic carbocycles. The van der Waals surface area contributed by atoms with Crippen LogP contribution >= 0.6 is 7.60 Å². The number of esters is 2. The molecule has 0 atom stereocenters. The Morgan fingerprint density at radius 3 is 1.67 bits per heavy atom. The van der Waals surface area contributed by atoms with Gasteiger partial charge in [0.05, 0.1) is 13.1 Å². The third kappa shape index (κ3) is 7.36. The summed E-state index contributed by atoms with van der Waals surface area (Å²) in [6.07, 6.45) is 0.0212. The summed E-state index contributed by atoms with van der Waals surface area (Å²) in [4.78, 5) is 21.4. The third-order valence-corrected chi connectivity index (χ3v) is 3.43. The van der Waals surface area contributed by atoms with Crippen molar-refractivity contribution in [2.75, 3.05) is 32.8 Å². The van der Waals surface area contributed by atoms with E-state index in [-0.39, 0.29) is 19.3 Å². The van der Waals surface area contributed by atoms with Crippen LogP contribution in [0.1, 0.15) is 6.92 Å². The van der Waals surface area contributed by atoms with Crippen LogP contribution in [0.5, 0.6) is 0 Å². The SMILES string of the molecule is CCP(=O)(OCOC(=O)CN)OCOC(=O)CN. The first-order chi connectivity index (χ1) is 8.47. The van der Waals surface area contributed by atoms with Crippen LogP contribution in [0.4, 0.5) is 0 Å². The molecular formula is C8H17N2O7P. The van der Waals surface area contributed by atoms with Gasteiger partial charge in [0.2, 0.25) is 13.6 Å². The summed E-state index contributed by atoms with van der Waals surface area (Å²) >= 11 is 0. The zero-order valence-corrected chi connectivity index (χ0v) is 10.9. The van der Waals surface area contributed by atoms with Crippen LogP contribution < -0.4 is 11.5 Å². The molecule has 0 unspecified atom stereocenters. The van der Waals surface area contributed by atoms with Gasteiger partial charge in [-0.2, -0.15) is 0 Å². The van der Waals surface area contributed by atoms with E-state index in [9.17, 15) is 14.2 Å². The standard InChI is InChI=1S/C8H17N2O7P/c1-2-18(13,16-5-14-7(11)3-9)17-6-15-8(12)4-10/h2-6,9-10H2,1H3. The molecule has 0 spiro atoms. The van der Waals surface area contributed by atoms with E-state index in [4.69, 9.17) is 20.5 Å². The molecule has 0 aromatic rings. The van der Waals surface area contributed by atoms with Crippen molar-refractivity contribution < 1.29 is 32.7 Å². The van der Waals surface area contributed by atoms with Gasteiger partial charge in [0.15, 0.2) is 0 Å². The van der Waals surface area contributed by atoms with Gasteiger partial charge in [0.25, 0.3) is 0 Å². The van der Waals surface area contributed by atoms with E-state index < -0.39 is 33.1 Å². The minimum Gasteiger partial charge on any atom is -0.437 e. The molecule has 0 saturated heterocycles. The molecule has 4 N–H and O–H groups in total. The monoisotopic (exact) mass is 284 g/mol. The number of hydrogen-bond acceptors (Lipinski definition) is 9. The van der Waals surface area contributed by atoms with Crippen molar-refractivity contribution >= 4 is 19.5 Å². The van der Waals surface area contributed by atoms with Gasteiger partial charge >= 0.3 is 19.5 Å². The molecule has 10 heteroatoms. The number of hydrogen-bond donors (Lipinski definition) is 2. The highest BCUT2D eigenvalue weighted by atomic mass is 31.2. The van der Waals surface area contributed by atoms with Crippen LogP contribution in [0.25, 0.3) is 0 Å². The topological polar surface area (TPSA) is 140 Å². The van der Waals surface area contributed by atoms with Crippen LogP contribution in [0.15, 0.2) is 0 Å². The summed E-state index contributed by atoms with van der Waals surface area (Å²) in [6.45, 7) is -0.183. The van der Waals surface area contributed by atoms with Gasteiger partial charge in [-0.3, -0.25) is 23.2 Å². The summed E-state index contributed by atoms with van der Waals surface area (Å²) < 4.78 is 30.3. The summed E-state index contributed by atoms with van der Waals surface area (Å²) in [5.41, 5.74) is 9.97. The molecule has 0 radical (unpaired) electrons. The fourth-order valence-electron chi connectivity index (χ4n) is 0.682. The smallest absolute Gasteiger partial charge is 0.336 e. The molecule has 0 heterocycles. The Labute approximate surface area is 104 Å². The number of carbonyl (C=O) groups is 2. The molecule has 0 aliphatic rings. The minimum absolute atomic E-state index is 0.0212. The van der Waals surface area contributed by atoms with Crippen LogP contribution in [0.3, 0.4) is 0 Å². The Hall–Kier alpha value is -0.990. The van der Waals surface area contributed by atoms with Crippen molar-refractivity contribution in [2.24, 2.45) is 11.5 Å². The molecule has 0 fully saturated rings. The maximum absolute atomic E-state index is 11.8. The second kappa shape index (κ2) is 9.01. The largest absolute Gasteiger partial charge is 0.437 e. The van der Waals surface area contributed by atoms with Crippen molar-refractivity contribution in [3.63, 3.8) is 0 Å². The Morgan fingerprint density at radius 2 is 1.39 bits per heavy atom. The lowest BCUT2D eigenvalue weighted by Crippen LogP contribution is -2.19. The predicted molar refractivity (Wildman–Crippen MR) is 60.3 cm³/mol. The van der Waals surface area contributed by atoms with Gasteiger partial charge in [-0.25, -0.2) is 0 Å². The zero-order valence-electron chi connectivity index (χ0n) is 10.00. The van der Waals surface area contributed by atoms with Crippen molar-refractivity contribution in [3.8, 4) is 0 Å². The fourth-order valence-corrected chi connectivity index (χ4v) is 1.55. The highest BCUT2D eigenvalue weighted by Crippen LogP contribution is 2.47. The van der Waals surface area contributed by atoms with E-state index in [0.29, 0.717) is 0 Å². The minimum atomic E-state index is -3.47. The molecule has 0 rings (SSSR count). The van der Waals surface area contributed by atoms with Crippen molar-refractivity contribution in [3.05, 3.63) is 0 Å². The second-order valence-corrected chi connectivity index (χ2v) is 5.23. The summed E-state index contributed by atoms with van der Waals surface area (Å²) in [7, 11) is -3.47. The van der Waals surface area contributed by atoms with Crippen LogP contribution in [0, 0.1) is 0 Å². The summed E-state index contributed by atoms with van der Waals surface area (Å²) in [6, 6.07) is 0. The van der Waals surface area contributed by atoms with Crippen LogP contribution in [0.2, 0.25) is 0 Å². The number of rotatable bonds is 9. The molecule has 9 nitrogen and oxygen atoms in total. The average Bonchev–Trinajstić information content (AvgIpc) is 2.38. The Morgan fingerprint density at radius 1 is 1.00 bits per heavy atom.